The summed E-state index contributed by atoms with van der Waals surface area (Å²) in [4.78, 5) is 22.1. The summed E-state index contributed by atoms with van der Waals surface area (Å²) in [6.07, 6.45) is 0. The third-order valence-corrected chi connectivity index (χ3v) is 6.75. The highest BCUT2D eigenvalue weighted by atomic mass is 32.1. The van der Waals surface area contributed by atoms with Gasteiger partial charge in [-0.3, -0.25) is 9.69 Å². The van der Waals surface area contributed by atoms with E-state index in [1.165, 1.54) is 4.70 Å². The Hall–Kier alpha value is -2.96. The van der Waals surface area contributed by atoms with E-state index >= 15 is 0 Å². The molecule has 5 rings (SSSR count). The number of amides is 1. The van der Waals surface area contributed by atoms with E-state index in [2.05, 4.69) is 39.4 Å². The van der Waals surface area contributed by atoms with E-state index < -0.39 is 0 Å². The number of nitrogens with one attached hydrogen (secondary N) is 1. The summed E-state index contributed by atoms with van der Waals surface area (Å²) in [6, 6.07) is 22.3. The van der Waals surface area contributed by atoms with E-state index in [-0.39, 0.29) is 5.91 Å². The summed E-state index contributed by atoms with van der Waals surface area (Å²) in [5.41, 5.74) is 1.80. The summed E-state index contributed by atoms with van der Waals surface area (Å²) in [5, 5.41) is 6.43. The molecule has 1 N–H and O–H groups in total. The smallest absolute Gasteiger partial charge is 0.251 e. The van der Waals surface area contributed by atoms with E-state index in [0.717, 1.165) is 54.1 Å². The molecule has 0 radical (unpaired) electrons. The standard InChI is InChI=1S/C24H24N4OS/c29-23(20-10-9-18-5-1-2-6-19(18)17-20)25-11-12-27-13-15-28(16-14-27)24-26-21-7-3-4-8-22(21)30-24/h1-10,17H,11-16H2,(H,25,29). The second kappa shape index (κ2) is 8.42. The molecule has 0 bridgehead atoms. The van der Waals surface area contributed by atoms with Gasteiger partial charge in [0, 0.05) is 44.8 Å². The van der Waals surface area contributed by atoms with Crippen LogP contribution in [0.3, 0.4) is 0 Å². The summed E-state index contributed by atoms with van der Waals surface area (Å²) in [5.74, 6) is -0.00568. The minimum absolute atomic E-state index is 0.00568. The first-order chi connectivity index (χ1) is 14.8. The maximum Gasteiger partial charge on any atom is 0.251 e. The number of nitrogens with zero attached hydrogens (tertiary/aromatic N) is 3. The molecule has 0 unspecified atom stereocenters. The van der Waals surface area contributed by atoms with Gasteiger partial charge in [-0.2, -0.15) is 0 Å². The topological polar surface area (TPSA) is 48.5 Å². The van der Waals surface area contributed by atoms with Crippen LogP contribution in [-0.4, -0.2) is 55.1 Å². The lowest BCUT2D eigenvalue weighted by molar-refractivity contribution is 0.0948. The van der Waals surface area contributed by atoms with Gasteiger partial charge in [-0.1, -0.05) is 53.8 Å². The Morgan fingerprint density at radius 1 is 0.933 bits per heavy atom. The Balaban J connectivity index is 1.11. The predicted octanol–water partition coefficient (Wildman–Crippen LogP) is 4.00. The molecule has 6 heteroatoms. The largest absolute Gasteiger partial charge is 0.351 e. The van der Waals surface area contributed by atoms with Crippen LogP contribution >= 0.6 is 11.3 Å². The molecule has 0 saturated carbocycles. The van der Waals surface area contributed by atoms with Crippen molar-refractivity contribution in [1.29, 1.82) is 0 Å². The first-order valence-electron chi connectivity index (χ1n) is 10.4. The number of benzene rings is 3. The van der Waals surface area contributed by atoms with Gasteiger partial charge in [0.15, 0.2) is 5.13 Å². The molecular formula is C24H24N4OS. The van der Waals surface area contributed by atoms with Crippen molar-refractivity contribution in [2.24, 2.45) is 0 Å². The average Bonchev–Trinajstić information content (AvgIpc) is 3.23. The molecular weight excluding hydrogens is 392 g/mol. The fraction of sp³-hybridized carbons (Fsp3) is 0.250. The van der Waals surface area contributed by atoms with E-state index in [0.29, 0.717) is 12.1 Å². The number of aromatic nitrogens is 1. The molecule has 2 heterocycles. The Morgan fingerprint density at radius 2 is 1.70 bits per heavy atom. The molecule has 1 aliphatic heterocycles. The fourth-order valence-corrected chi connectivity index (χ4v) is 4.94. The van der Waals surface area contributed by atoms with Gasteiger partial charge in [0.1, 0.15) is 0 Å². The van der Waals surface area contributed by atoms with Crippen molar-refractivity contribution in [2.45, 2.75) is 0 Å². The first kappa shape index (κ1) is 19.0. The van der Waals surface area contributed by atoms with Crippen LogP contribution < -0.4 is 10.2 Å². The zero-order chi connectivity index (χ0) is 20.3. The van der Waals surface area contributed by atoms with Gasteiger partial charge in [0.25, 0.3) is 5.91 Å². The van der Waals surface area contributed by atoms with Gasteiger partial charge >= 0.3 is 0 Å². The van der Waals surface area contributed by atoms with Crippen molar-refractivity contribution in [3.05, 3.63) is 72.3 Å². The van der Waals surface area contributed by atoms with E-state index in [9.17, 15) is 4.79 Å². The molecule has 5 nitrogen and oxygen atoms in total. The molecule has 4 aromatic rings. The van der Waals surface area contributed by atoms with Crippen LogP contribution in [-0.2, 0) is 0 Å². The van der Waals surface area contributed by atoms with Crippen LogP contribution in [0.4, 0.5) is 5.13 Å². The van der Waals surface area contributed by atoms with Crippen molar-refractivity contribution in [3.63, 3.8) is 0 Å². The lowest BCUT2D eigenvalue weighted by Gasteiger charge is -2.34. The molecule has 1 fully saturated rings. The second-order valence-corrected chi connectivity index (χ2v) is 8.62. The van der Waals surface area contributed by atoms with Crippen LogP contribution in [0.25, 0.3) is 21.0 Å². The maximum atomic E-state index is 12.5. The third kappa shape index (κ3) is 4.01. The highest BCUT2D eigenvalue weighted by Gasteiger charge is 2.19. The molecule has 3 aromatic carbocycles. The van der Waals surface area contributed by atoms with Crippen LogP contribution in [0.15, 0.2) is 66.7 Å². The zero-order valence-electron chi connectivity index (χ0n) is 16.8. The SMILES string of the molecule is O=C(NCCN1CCN(c2nc3ccccc3s2)CC1)c1ccc2ccccc2c1. The molecule has 1 saturated heterocycles. The fourth-order valence-electron chi connectivity index (χ4n) is 3.92. The minimum Gasteiger partial charge on any atom is -0.351 e. The van der Waals surface area contributed by atoms with Crippen LogP contribution in [0.5, 0.6) is 0 Å². The molecule has 1 aromatic heterocycles. The number of hydrogen-bond acceptors (Lipinski definition) is 5. The molecule has 1 amide bonds. The molecule has 1 aliphatic rings. The van der Waals surface area contributed by atoms with Crippen molar-refractivity contribution in [1.82, 2.24) is 15.2 Å². The zero-order valence-corrected chi connectivity index (χ0v) is 17.6. The molecule has 0 atom stereocenters. The average molecular weight is 417 g/mol. The lowest BCUT2D eigenvalue weighted by atomic mass is 10.1. The summed E-state index contributed by atoms with van der Waals surface area (Å²) >= 11 is 1.76. The number of para-hydroxylation sites is 1. The number of carbonyl (C=O) groups is 1. The number of fused-ring (bicyclic) bond motifs is 2. The molecule has 0 spiro atoms. The highest BCUT2D eigenvalue weighted by molar-refractivity contribution is 7.22. The first-order valence-corrected chi connectivity index (χ1v) is 11.2. The minimum atomic E-state index is -0.00568. The van der Waals surface area contributed by atoms with Gasteiger partial charge in [-0.25, -0.2) is 4.98 Å². The van der Waals surface area contributed by atoms with E-state index in [1.807, 2.05) is 42.5 Å². The van der Waals surface area contributed by atoms with Crippen LogP contribution in [0, 0.1) is 0 Å². The predicted molar refractivity (Wildman–Crippen MR) is 125 cm³/mol. The van der Waals surface area contributed by atoms with E-state index in [4.69, 9.17) is 4.98 Å². The molecule has 0 aliphatic carbocycles. The van der Waals surface area contributed by atoms with Crippen molar-refractivity contribution >= 4 is 43.4 Å². The van der Waals surface area contributed by atoms with Gasteiger partial charge in [-0.05, 0) is 35.0 Å². The summed E-state index contributed by atoms with van der Waals surface area (Å²) < 4.78 is 1.24. The quantitative estimate of drug-likeness (QED) is 0.534. The number of thiazole rings is 1. The van der Waals surface area contributed by atoms with Crippen LogP contribution in [0.2, 0.25) is 0 Å². The van der Waals surface area contributed by atoms with Gasteiger partial charge in [-0.15, -0.1) is 0 Å². The third-order valence-electron chi connectivity index (χ3n) is 5.65. The second-order valence-electron chi connectivity index (χ2n) is 7.61. The van der Waals surface area contributed by atoms with E-state index in [1.54, 1.807) is 11.3 Å². The Kier molecular flexibility index (Phi) is 5.34. The summed E-state index contributed by atoms with van der Waals surface area (Å²) in [7, 11) is 0. The maximum absolute atomic E-state index is 12.5. The Bertz CT molecular complexity index is 1150. The highest BCUT2D eigenvalue weighted by Crippen LogP contribution is 2.29. The number of carbonyl (C=O) groups excluding carboxylic acids is 1. The summed E-state index contributed by atoms with van der Waals surface area (Å²) in [6.45, 7) is 5.44. The normalized spacial score (nSPS) is 15.0. The number of piperazine rings is 1. The number of anilines is 1. The molecule has 152 valence electrons. The van der Waals surface area contributed by atoms with Gasteiger partial charge in [0.2, 0.25) is 0 Å². The monoisotopic (exact) mass is 416 g/mol. The van der Waals surface area contributed by atoms with Gasteiger partial charge < -0.3 is 10.2 Å². The van der Waals surface area contributed by atoms with Gasteiger partial charge in [0.05, 0.1) is 10.2 Å². The Morgan fingerprint density at radius 3 is 2.53 bits per heavy atom. The van der Waals surface area contributed by atoms with Crippen molar-refractivity contribution in [3.8, 4) is 0 Å². The number of rotatable bonds is 5. The lowest BCUT2D eigenvalue weighted by Crippen LogP contribution is -2.48. The van der Waals surface area contributed by atoms with Crippen LogP contribution in [0.1, 0.15) is 10.4 Å². The number of hydrogen-bond donors (Lipinski definition) is 1. The van der Waals surface area contributed by atoms with Crippen molar-refractivity contribution in [2.75, 3.05) is 44.2 Å². The molecule has 30 heavy (non-hydrogen) atoms. The van der Waals surface area contributed by atoms with Crippen molar-refractivity contribution < 1.29 is 4.79 Å². The Labute approximate surface area is 179 Å².